The van der Waals surface area contributed by atoms with Gasteiger partial charge in [-0.25, -0.2) is 4.39 Å². The molecule has 4 aromatic rings. The number of fused-ring (bicyclic) bond motifs is 2. The van der Waals surface area contributed by atoms with Crippen LogP contribution < -0.4 is 4.74 Å². The quantitative estimate of drug-likeness (QED) is 0.120. The summed E-state index contributed by atoms with van der Waals surface area (Å²) in [7, 11) is -3.42. The summed E-state index contributed by atoms with van der Waals surface area (Å²) in [6, 6.07) is 23.1. The van der Waals surface area contributed by atoms with Gasteiger partial charge in [-0.2, -0.15) is 0 Å². The van der Waals surface area contributed by atoms with Gasteiger partial charge in [0, 0.05) is 49.2 Å². The highest BCUT2D eigenvalue weighted by molar-refractivity contribution is 7.53. The second-order valence-electron chi connectivity index (χ2n) is 13.4. The standard InChI is InChI=1S/C41H43FN3O7P/c1-4-50-53(48,51-5-2)26-49-31-23-45(24-31)40(46)35-32-17-12-20-43-37(32)39(52-38(29-13-8-6-9-14-29)30-15-10-7-11-16-30)36-33(35)25-44(41(36)47)22-28-18-19-34(42)27(3)21-28/h6-21,27,31,34,38H,4-5,22-26H2,1-3H3. The Morgan fingerprint density at radius 1 is 0.981 bits per heavy atom. The Morgan fingerprint density at radius 3 is 2.26 bits per heavy atom. The topological polar surface area (TPSA) is 108 Å². The highest BCUT2D eigenvalue weighted by atomic mass is 31.2. The molecule has 3 aliphatic rings. The molecular formula is C41H43FN3O7P. The Bertz CT molecular complexity index is 2040. The maximum Gasteiger partial charge on any atom is 0.356 e. The molecule has 10 nitrogen and oxygen atoms in total. The van der Waals surface area contributed by atoms with Gasteiger partial charge in [0.1, 0.15) is 24.1 Å². The molecule has 1 aromatic heterocycles. The summed E-state index contributed by atoms with van der Waals surface area (Å²) in [5.74, 6) is -0.595. The van der Waals surface area contributed by atoms with Crippen molar-refractivity contribution in [2.45, 2.75) is 45.7 Å². The zero-order valence-electron chi connectivity index (χ0n) is 30.0. The molecule has 3 aromatic carbocycles. The molecule has 0 N–H and O–H groups in total. The van der Waals surface area contributed by atoms with E-state index in [1.165, 1.54) is 6.08 Å². The SMILES string of the molecule is CCOP(=O)(COC1CN(C(=O)c2c3c(c(OC(c4ccccc4)c4ccccc4)c4ncccc24)C(=O)N(CC2=CC(C)C(F)C=C2)C3)C1)OCC. The van der Waals surface area contributed by atoms with Crippen molar-refractivity contribution in [1.82, 2.24) is 14.8 Å². The second-order valence-corrected chi connectivity index (χ2v) is 15.4. The zero-order valence-corrected chi connectivity index (χ0v) is 30.9. The predicted molar refractivity (Wildman–Crippen MR) is 200 cm³/mol. The van der Waals surface area contributed by atoms with Crippen LogP contribution in [0, 0.1) is 5.92 Å². The summed E-state index contributed by atoms with van der Waals surface area (Å²) in [6.45, 7) is 6.62. The molecule has 0 saturated carbocycles. The van der Waals surface area contributed by atoms with Crippen molar-refractivity contribution in [1.29, 1.82) is 0 Å². The lowest BCUT2D eigenvalue weighted by Crippen LogP contribution is -2.55. The Kier molecular flexibility index (Phi) is 10.9. The molecule has 2 atom stereocenters. The van der Waals surface area contributed by atoms with Crippen LogP contribution in [0.25, 0.3) is 10.9 Å². The van der Waals surface area contributed by atoms with Crippen LogP contribution >= 0.6 is 7.60 Å². The molecule has 276 valence electrons. The summed E-state index contributed by atoms with van der Waals surface area (Å²) in [6.07, 6.45) is 4.46. The fraction of sp³-hybridized carbons (Fsp3) is 0.341. The van der Waals surface area contributed by atoms with Gasteiger partial charge < -0.3 is 28.3 Å². The van der Waals surface area contributed by atoms with Crippen molar-refractivity contribution >= 4 is 30.3 Å². The third kappa shape index (κ3) is 7.57. The van der Waals surface area contributed by atoms with Gasteiger partial charge in [-0.3, -0.25) is 19.1 Å². The van der Waals surface area contributed by atoms with Crippen LogP contribution in [0.1, 0.15) is 64.3 Å². The number of allylic oxidation sites excluding steroid dienone is 2. The van der Waals surface area contributed by atoms with Crippen molar-refractivity contribution in [2.24, 2.45) is 5.92 Å². The van der Waals surface area contributed by atoms with E-state index >= 15 is 0 Å². The number of benzene rings is 3. The third-order valence-electron chi connectivity index (χ3n) is 9.73. The van der Waals surface area contributed by atoms with E-state index in [1.54, 1.807) is 48.9 Å². The van der Waals surface area contributed by atoms with E-state index in [0.717, 1.165) is 16.7 Å². The van der Waals surface area contributed by atoms with Crippen LogP contribution in [0.15, 0.2) is 103 Å². The summed E-state index contributed by atoms with van der Waals surface area (Å²) in [5.41, 5.74) is 4.20. The highest BCUT2D eigenvalue weighted by Gasteiger charge is 2.42. The van der Waals surface area contributed by atoms with Gasteiger partial charge in [-0.05, 0) is 42.7 Å². The van der Waals surface area contributed by atoms with Gasteiger partial charge >= 0.3 is 7.60 Å². The maximum absolute atomic E-state index is 14.6. The summed E-state index contributed by atoms with van der Waals surface area (Å²) in [4.78, 5) is 37.2. The van der Waals surface area contributed by atoms with Gasteiger partial charge in [0.05, 0.1) is 30.4 Å². The van der Waals surface area contributed by atoms with E-state index in [0.29, 0.717) is 27.8 Å². The van der Waals surface area contributed by atoms with Crippen molar-refractivity contribution in [2.75, 3.05) is 39.2 Å². The number of alkyl halides is 1. The number of amides is 2. The van der Waals surface area contributed by atoms with Crippen LogP contribution in [0.3, 0.4) is 0 Å². The first-order chi connectivity index (χ1) is 25.7. The summed E-state index contributed by atoms with van der Waals surface area (Å²) >= 11 is 0. The van der Waals surface area contributed by atoms with E-state index in [1.807, 2.05) is 72.8 Å². The van der Waals surface area contributed by atoms with Gasteiger partial charge in [-0.1, -0.05) is 85.8 Å². The van der Waals surface area contributed by atoms with Crippen LogP contribution in [0.2, 0.25) is 0 Å². The van der Waals surface area contributed by atoms with Crippen molar-refractivity contribution < 1.29 is 37.1 Å². The summed E-state index contributed by atoms with van der Waals surface area (Å²) < 4.78 is 50.8. The largest absolute Gasteiger partial charge is 0.478 e. The average Bonchev–Trinajstić information content (AvgIpc) is 3.46. The number of hydrogen-bond acceptors (Lipinski definition) is 8. The second kappa shape index (κ2) is 15.7. The van der Waals surface area contributed by atoms with E-state index in [9.17, 15) is 18.5 Å². The number of hydrogen-bond donors (Lipinski definition) is 0. The Morgan fingerprint density at radius 2 is 1.64 bits per heavy atom. The predicted octanol–water partition coefficient (Wildman–Crippen LogP) is 7.89. The molecule has 1 saturated heterocycles. The van der Waals surface area contributed by atoms with Gasteiger partial charge in [0.25, 0.3) is 11.8 Å². The number of aromatic nitrogens is 1. The van der Waals surface area contributed by atoms with Crippen molar-refractivity contribution in [3.8, 4) is 5.75 Å². The lowest BCUT2D eigenvalue weighted by Gasteiger charge is -2.39. The van der Waals surface area contributed by atoms with E-state index in [2.05, 4.69) is 0 Å². The third-order valence-corrected chi connectivity index (χ3v) is 11.5. The number of carbonyl (C=O) groups is 2. The summed E-state index contributed by atoms with van der Waals surface area (Å²) in [5, 5.41) is 0.563. The molecule has 1 fully saturated rings. The van der Waals surface area contributed by atoms with E-state index < -0.39 is 19.9 Å². The molecule has 0 spiro atoms. The zero-order chi connectivity index (χ0) is 37.1. The number of pyridine rings is 1. The molecule has 2 unspecified atom stereocenters. The normalized spacial score (nSPS) is 18.7. The molecule has 0 radical (unpaired) electrons. The minimum absolute atomic E-state index is 0.149. The first-order valence-corrected chi connectivity index (χ1v) is 19.7. The van der Waals surface area contributed by atoms with Gasteiger partial charge in [0.2, 0.25) is 0 Å². The van der Waals surface area contributed by atoms with Crippen molar-refractivity contribution in [3.05, 3.63) is 131 Å². The number of nitrogens with zero attached hydrogens (tertiary/aromatic N) is 3. The van der Waals surface area contributed by atoms with Crippen LogP contribution in [0.5, 0.6) is 5.75 Å². The smallest absolute Gasteiger partial charge is 0.356 e. The molecule has 1 aliphatic carbocycles. The van der Waals surface area contributed by atoms with Crippen LogP contribution in [-0.4, -0.2) is 78.1 Å². The molecule has 2 amide bonds. The fourth-order valence-electron chi connectivity index (χ4n) is 7.10. The molecule has 0 bridgehead atoms. The lowest BCUT2D eigenvalue weighted by atomic mass is 9.94. The Labute approximate surface area is 308 Å². The molecular weight excluding hydrogens is 696 g/mol. The lowest BCUT2D eigenvalue weighted by molar-refractivity contribution is -0.0321. The molecule has 7 rings (SSSR count). The number of likely N-dealkylation sites (tertiary alicyclic amines) is 1. The minimum atomic E-state index is -3.42. The van der Waals surface area contributed by atoms with Gasteiger partial charge in [0.15, 0.2) is 5.75 Å². The van der Waals surface area contributed by atoms with Gasteiger partial charge in [-0.15, -0.1) is 0 Å². The number of rotatable bonds is 14. The van der Waals surface area contributed by atoms with Crippen LogP contribution in [0.4, 0.5) is 4.39 Å². The Balaban J connectivity index is 1.27. The molecule has 2 aliphatic heterocycles. The number of carbonyl (C=O) groups excluding carboxylic acids is 2. The van der Waals surface area contributed by atoms with Crippen molar-refractivity contribution in [3.63, 3.8) is 0 Å². The van der Waals surface area contributed by atoms with E-state index in [-0.39, 0.29) is 75.1 Å². The maximum atomic E-state index is 14.6. The molecule has 12 heteroatoms. The van der Waals surface area contributed by atoms with Crippen LogP contribution in [-0.2, 0) is 24.9 Å². The average molecular weight is 740 g/mol. The minimum Gasteiger partial charge on any atom is -0.478 e. The number of ether oxygens (including phenoxy) is 2. The fourth-order valence-corrected chi connectivity index (χ4v) is 8.50. The number of halogens is 1. The molecule has 3 heterocycles. The first kappa shape index (κ1) is 36.7. The Hall–Kier alpha value is -4.67. The first-order valence-electron chi connectivity index (χ1n) is 18.0. The van der Waals surface area contributed by atoms with E-state index in [4.69, 9.17) is 23.5 Å². The molecule has 53 heavy (non-hydrogen) atoms. The monoisotopic (exact) mass is 739 g/mol. The highest BCUT2D eigenvalue weighted by Crippen LogP contribution is 2.49.